The van der Waals surface area contributed by atoms with Crippen molar-refractivity contribution in [1.29, 1.82) is 5.26 Å². The summed E-state index contributed by atoms with van der Waals surface area (Å²) < 4.78 is 12.4. The molecule has 0 saturated carbocycles. The molecule has 1 aromatic heterocycles. The smallest absolute Gasteiger partial charge is 0.410 e. The van der Waals surface area contributed by atoms with Crippen LogP contribution in [0, 0.1) is 11.3 Å². The van der Waals surface area contributed by atoms with Crippen LogP contribution >= 0.6 is 0 Å². The number of benzene rings is 2. The number of aromatic nitrogens is 2. The second-order valence-corrected chi connectivity index (χ2v) is 20.1. The maximum absolute atomic E-state index is 13.1. The van der Waals surface area contributed by atoms with Gasteiger partial charge in [-0.2, -0.15) is 5.26 Å². The first-order valence-corrected chi connectivity index (χ1v) is 19.1. The molecule has 2 N–H and O–H groups in total. The molecule has 0 bridgehead atoms. The van der Waals surface area contributed by atoms with Gasteiger partial charge in [0.15, 0.2) is 8.32 Å². The predicted octanol–water partition coefficient (Wildman–Crippen LogP) is 8.54. The van der Waals surface area contributed by atoms with E-state index in [4.69, 9.17) is 14.1 Å². The second-order valence-electron chi connectivity index (χ2n) is 15.3. The van der Waals surface area contributed by atoms with Gasteiger partial charge in [-0.1, -0.05) is 45.9 Å². The van der Waals surface area contributed by atoms with Gasteiger partial charge in [-0.3, -0.25) is 0 Å². The molecular formula is C36H48N6O3Si. The number of para-hydroxylation sites is 1. The fourth-order valence-corrected chi connectivity index (χ4v) is 6.95. The zero-order valence-electron chi connectivity index (χ0n) is 28.7. The molecule has 9 nitrogen and oxygen atoms in total. The Balaban J connectivity index is 1.43. The highest BCUT2D eigenvalue weighted by Crippen LogP contribution is 2.44. The molecule has 2 atom stereocenters. The van der Waals surface area contributed by atoms with E-state index >= 15 is 0 Å². The Hall–Kier alpha value is -3.94. The van der Waals surface area contributed by atoms with Crippen LogP contribution in [0.1, 0.15) is 84.0 Å². The molecule has 10 heteroatoms. The van der Waals surface area contributed by atoms with E-state index in [2.05, 4.69) is 68.5 Å². The fraction of sp³-hybridized carbons (Fsp3) is 0.500. The summed E-state index contributed by atoms with van der Waals surface area (Å²) in [5.74, 6) is 0.438. The van der Waals surface area contributed by atoms with Crippen LogP contribution in [0.25, 0.3) is 11.3 Å². The highest BCUT2D eigenvalue weighted by Gasteiger charge is 2.42. The van der Waals surface area contributed by atoms with Crippen LogP contribution in [0.15, 0.2) is 48.7 Å². The summed E-state index contributed by atoms with van der Waals surface area (Å²) in [6.45, 7) is 21.1. The number of nitrogens with zero attached hydrogens (tertiary/aromatic N) is 4. The third-order valence-corrected chi connectivity index (χ3v) is 14.0. The van der Waals surface area contributed by atoms with Crippen molar-refractivity contribution in [2.75, 3.05) is 30.3 Å². The van der Waals surface area contributed by atoms with E-state index in [1.54, 1.807) is 6.20 Å². The Bertz CT molecular complexity index is 1650. The van der Waals surface area contributed by atoms with Gasteiger partial charge in [-0.25, -0.2) is 14.8 Å². The van der Waals surface area contributed by atoms with Crippen LogP contribution in [0.2, 0.25) is 18.1 Å². The van der Waals surface area contributed by atoms with Crippen molar-refractivity contribution in [1.82, 2.24) is 14.9 Å². The van der Waals surface area contributed by atoms with Gasteiger partial charge in [0.05, 0.1) is 23.0 Å². The fourth-order valence-electron chi connectivity index (χ4n) is 5.84. The van der Waals surface area contributed by atoms with Crippen molar-refractivity contribution >= 4 is 31.7 Å². The Kier molecular flexibility index (Phi) is 8.97. The van der Waals surface area contributed by atoms with Gasteiger partial charge >= 0.3 is 6.09 Å². The third kappa shape index (κ3) is 6.91. The van der Waals surface area contributed by atoms with Crippen molar-refractivity contribution < 1.29 is 14.0 Å². The molecule has 244 valence electrons. The highest BCUT2D eigenvalue weighted by molar-refractivity contribution is 6.74. The summed E-state index contributed by atoms with van der Waals surface area (Å²) in [6.07, 6.45) is 3.17. The third-order valence-electron chi connectivity index (χ3n) is 9.52. The van der Waals surface area contributed by atoms with Crippen LogP contribution in [-0.2, 0) is 14.6 Å². The number of hydrogen-bond donors (Lipinski definition) is 2. The first-order valence-electron chi connectivity index (χ1n) is 16.2. The molecule has 46 heavy (non-hydrogen) atoms. The molecular weight excluding hydrogens is 593 g/mol. The van der Waals surface area contributed by atoms with Gasteiger partial charge in [0.25, 0.3) is 0 Å². The second kappa shape index (κ2) is 12.3. The average molecular weight is 641 g/mol. The van der Waals surface area contributed by atoms with E-state index in [1.165, 1.54) is 0 Å². The number of likely N-dealkylation sites (tertiary alicyclic amines) is 1. The Morgan fingerprint density at radius 1 is 1.17 bits per heavy atom. The van der Waals surface area contributed by atoms with Crippen LogP contribution in [-0.4, -0.2) is 54.6 Å². The van der Waals surface area contributed by atoms with Gasteiger partial charge in [0.2, 0.25) is 5.95 Å². The Morgan fingerprint density at radius 3 is 2.61 bits per heavy atom. The number of carbonyl (C=O) groups is 1. The summed E-state index contributed by atoms with van der Waals surface area (Å²) >= 11 is 0. The lowest BCUT2D eigenvalue weighted by Gasteiger charge is -2.39. The zero-order chi connectivity index (χ0) is 33.5. The zero-order valence-corrected chi connectivity index (χ0v) is 29.7. The lowest BCUT2D eigenvalue weighted by atomic mass is 9.83. The lowest BCUT2D eigenvalue weighted by Crippen LogP contribution is -2.45. The van der Waals surface area contributed by atoms with E-state index in [9.17, 15) is 10.1 Å². The number of nitriles is 1. The first-order chi connectivity index (χ1) is 21.5. The number of fused-ring (bicyclic) bond motifs is 1. The molecule has 3 heterocycles. The lowest BCUT2D eigenvalue weighted by molar-refractivity contribution is 0.0225. The average Bonchev–Trinajstić information content (AvgIpc) is 3.60. The van der Waals surface area contributed by atoms with Crippen molar-refractivity contribution in [2.45, 2.75) is 96.5 Å². The van der Waals surface area contributed by atoms with E-state index in [1.807, 2.05) is 62.1 Å². The molecule has 2 aromatic carbocycles. The summed E-state index contributed by atoms with van der Waals surface area (Å²) in [6, 6.07) is 16.2. The van der Waals surface area contributed by atoms with Gasteiger partial charge in [0, 0.05) is 42.6 Å². The van der Waals surface area contributed by atoms with Gasteiger partial charge in [0.1, 0.15) is 11.7 Å². The maximum atomic E-state index is 13.1. The number of amides is 1. The molecule has 1 saturated heterocycles. The molecule has 5 rings (SSSR count). The highest BCUT2D eigenvalue weighted by atomic mass is 28.4. The number of nitrogens with one attached hydrogen (secondary N) is 2. The molecule has 2 unspecified atom stereocenters. The predicted molar refractivity (Wildman–Crippen MR) is 186 cm³/mol. The number of carbonyl (C=O) groups excluding carboxylic acids is 1. The Morgan fingerprint density at radius 2 is 1.91 bits per heavy atom. The van der Waals surface area contributed by atoms with Gasteiger partial charge in [-0.05, 0) is 87.1 Å². The molecule has 0 aliphatic carbocycles. The van der Waals surface area contributed by atoms with E-state index in [0.717, 1.165) is 40.9 Å². The van der Waals surface area contributed by atoms with Crippen molar-refractivity contribution in [2.24, 2.45) is 0 Å². The largest absolute Gasteiger partial charge is 0.444 e. The van der Waals surface area contributed by atoms with Crippen LogP contribution in [0.5, 0.6) is 0 Å². The van der Waals surface area contributed by atoms with Crippen molar-refractivity contribution in [3.05, 3.63) is 65.4 Å². The molecule has 0 radical (unpaired) electrons. The molecule has 2 aliphatic rings. The first kappa shape index (κ1) is 33.4. The van der Waals surface area contributed by atoms with Crippen molar-refractivity contribution in [3.63, 3.8) is 0 Å². The van der Waals surface area contributed by atoms with E-state index in [-0.39, 0.29) is 22.6 Å². The minimum Gasteiger partial charge on any atom is -0.444 e. The minimum atomic E-state index is -1.97. The quantitative estimate of drug-likeness (QED) is 0.247. The SMILES string of the molecule is CC(C)(C)OC(=O)N1CCCC1c1ccccc1Nc1nccc(-c2cc(C#N)c3c(c2)C(C)(CO[Si](C)(C)C(C)(C)C)CN3)n1. The molecule has 2 aliphatic heterocycles. The van der Waals surface area contributed by atoms with Crippen LogP contribution < -0.4 is 10.6 Å². The summed E-state index contributed by atoms with van der Waals surface area (Å²) in [7, 11) is -1.97. The summed E-state index contributed by atoms with van der Waals surface area (Å²) in [5, 5.41) is 17.1. The minimum absolute atomic E-state index is 0.104. The number of anilines is 3. The normalized spacial score (nSPS) is 19.7. The van der Waals surface area contributed by atoms with Gasteiger partial charge in [-0.15, -0.1) is 0 Å². The number of ether oxygens (including phenoxy) is 1. The topological polar surface area (TPSA) is 112 Å². The van der Waals surface area contributed by atoms with Crippen LogP contribution in [0.4, 0.5) is 22.1 Å². The Labute approximate surface area is 274 Å². The van der Waals surface area contributed by atoms with Gasteiger partial charge < -0.3 is 24.7 Å². The van der Waals surface area contributed by atoms with E-state index < -0.39 is 13.9 Å². The summed E-state index contributed by atoms with van der Waals surface area (Å²) in [4.78, 5) is 24.3. The summed E-state index contributed by atoms with van der Waals surface area (Å²) in [5.41, 5.74) is 5.07. The monoisotopic (exact) mass is 640 g/mol. The van der Waals surface area contributed by atoms with E-state index in [0.29, 0.717) is 36.9 Å². The number of rotatable bonds is 7. The van der Waals surface area contributed by atoms with Crippen LogP contribution in [0.3, 0.4) is 0 Å². The molecule has 1 fully saturated rings. The maximum Gasteiger partial charge on any atom is 0.410 e. The standard InChI is InChI=1S/C36H48N6O3Si/c1-34(2,3)45-33(43)42-18-12-15-30(42)26-13-10-11-14-29(26)41-32-38-17-16-28(40-32)24-19-25(21-37)31-27(20-24)36(7,22-39-31)23-44-46(8,9)35(4,5)6/h10-11,13-14,16-17,19-20,30,39H,12,15,18,22-23H2,1-9H3,(H,38,40,41). The molecule has 0 spiro atoms. The molecule has 3 aromatic rings. The van der Waals surface area contributed by atoms with Crippen molar-refractivity contribution in [3.8, 4) is 17.3 Å². The number of hydrogen-bond acceptors (Lipinski definition) is 8. The molecule has 1 amide bonds.